The summed E-state index contributed by atoms with van der Waals surface area (Å²) < 4.78 is 5.27. The average molecular weight is 408 g/mol. The minimum absolute atomic E-state index is 0.0121. The van der Waals surface area contributed by atoms with Gasteiger partial charge in [0.15, 0.2) is 0 Å². The number of benzene rings is 2. The molecule has 0 bridgehead atoms. The van der Waals surface area contributed by atoms with Crippen LogP contribution in [-0.4, -0.2) is 59.6 Å². The fourth-order valence-corrected chi connectivity index (χ4v) is 4.53. The molecule has 2 aromatic rings. The first-order valence-corrected chi connectivity index (χ1v) is 10.6. The van der Waals surface area contributed by atoms with Gasteiger partial charge in [0.2, 0.25) is 0 Å². The molecule has 4 rings (SSSR count). The van der Waals surface area contributed by atoms with Gasteiger partial charge in [-0.15, -0.1) is 0 Å². The zero-order valence-electron chi connectivity index (χ0n) is 17.3. The van der Waals surface area contributed by atoms with Gasteiger partial charge in [-0.3, -0.25) is 19.4 Å². The van der Waals surface area contributed by atoms with Gasteiger partial charge in [0.05, 0.1) is 30.9 Å². The molecule has 6 nitrogen and oxygen atoms in total. The second-order valence-electron chi connectivity index (χ2n) is 8.05. The monoisotopic (exact) mass is 408 g/mol. The average Bonchev–Trinajstić information content (AvgIpc) is 2.92. The SMILES string of the molecule is COc1ccc([C@@H]2CCCCCN2C[C@H](O)CN2C(=O)c3ccccc3C2=O)cc1. The van der Waals surface area contributed by atoms with Crippen molar-refractivity contribution >= 4 is 11.8 Å². The zero-order valence-corrected chi connectivity index (χ0v) is 17.3. The number of methoxy groups -OCH3 is 1. The first-order chi connectivity index (χ1) is 14.6. The second kappa shape index (κ2) is 8.98. The van der Waals surface area contributed by atoms with E-state index in [1.807, 2.05) is 12.1 Å². The minimum atomic E-state index is -0.800. The Morgan fingerprint density at radius 2 is 1.63 bits per heavy atom. The third-order valence-electron chi connectivity index (χ3n) is 6.08. The molecule has 0 radical (unpaired) electrons. The van der Waals surface area contributed by atoms with Gasteiger partial charge >= 0.3 is 0 Å². The van der Waals surface area contributed by atoms with Crippen molar-refractivity contribution in [1.82, 2.24) is 9.80 Å². The van der Waals surface area contributed by atoms with Crippen LogP contribution in [0.15, 0.2) is 48.5 Å². The molecular formula is C24H28N2O4. The number of hydrogen-bond donors (Lipinski definition) is 1. The third-order valence-corrected chi connectivity index (χ3v) is 6.08. The van der Waals surface area contributed by atoms with Gasteiger partial charge < -0.3 is 9.84 Å². The first-order valence-electron chi connectivity index (χ1n) is 10.6. The fourth-order valence-electron chi connectivity index (χ4n) is 4.53. The summed E-state index contributed by atoms with van der Waals surface area (Å²) in [5.74, 6) is 0.180. The number of carbonyl (C=O) groups is 2. The Hall–Kier alpha value is -2.70. The Labute approximate surface area is 177 Å². The van der Waals surface area contributed by atoms with Crippen molar-refractivity contribution in [3.8, 4) is 5.75 Å². The van der Waals surface area contributed by atoms with Crippen molar-refractivity contribution in [2.24, 2.45) is 0 Å². The van der Waals surface area contributed by atoms with Gasteiger partial charge in [0.1, 0.15) is 5.75 Å². The van der Waals surface area contributed by atoms with Gasteiger partial charge in [0, 0.05) is 12.6 Å². The summed E-state index contributed by atoms with van der Waals surface area (Å²) >= 11 is 0. The maximum Gasteiger partial charge on any atom is 0.261 e. The van der Waals surface area contributed by atoms with Crippen molar-refractivity contribution < 1.29 is 19.4 Å². The maximum absolute atomic E-state index is 12.6. The topological polar surface area (TPSA) is 70.1 Å². The van der Waals surface area contributed by atoms with Crippen molar-refractivity contribution in [2.45, 2.75) is 37.8 Å². The van der Waals surface area contributed by atoms with E-state index < -0.39 is 6.10 Å². The van der Waals surface area contributed by atoms with E-state index in [4.69, 9.17) is 4.74 Å². The fraction of sp³-hybridized carbons (Fsp3) is 0.417. The highest BCUT2D eigenvalue weighted by atomic mass is 16.5. The van der Waals surface area contributed by atoms with Gasteiger partial charge in [-0.1, -0.05) is 37.1 Å². The molecular weight excluding hydrogens is 380 g/mol. The highest BCUT2D eigenvalue weighted by molar-refractivity contribution is 6.21. The molecule has 0 spiro atoms. The van der Waals surface area contributed by atoms with Gasteiger partial charge in [-0.25, -0.2) is 0 Å². The van der Waals surface area contributed by atoms with E-state index in [1.165, 1.54) is 10.5 Å². The van der Waals surface area contributed by atoms with Crippen molar-refractivity contribution in [3.05, 3.63) is 65.2 Å². The molecule has 0 unspecified atom stereocenters. The molecule has 2 aliphatic heterocycles. The number of hydrogen-bond acceptors (Lipinski definition) is 5. The maximum atomic E-state index is 12.6. The van der Waals surface area contributed by atoms with E-state index in [0.717, 1.165) is 38.0 Å². The Morgan fingerprint density at radius 1 is 0.967 bits per heavy atom. The summed E-state index contributed by atoms with van der Waals surface area (Å²) in [6.07, 6.45) is 3.60. The summed E-state index contributed by atoms with van der Waals surface area (Å²) in [7, 11) is 1.66. The summed E-state index contributed by atoms with van der Waals surface area (Å²) in [5, 5.41) is 10.8. The van der Waals surface area contributed by atoms with Crippen LogP contribution in [0.2, 0.25) is 0 Å². The number of nitrogens with zero attached hydrogens (tertiary/aromatic N) is 2. The quantitative estimate of drug-likeness (QED) is 0.743. The van der Waals surface area contributed by atoms with Crippen LogP contribution < -0.4 is 4.74 Å². The van der Waals surface area contributed by atoms with Crippen LogP contribution >= 0.6 is 0 Å². The smallest absolute Gasteiger partial charge is 0.261 e. The largest absolute Gasteiger partial charge is 0.497 e. The van der Waals surface area contributed by atoms with Crippen LogP contribution in [0.5, 0.6) is 5.75 Å². The molecule has 2 aromatic carbocycles. The summed E-state index contributed by atoms with van der Waals surface area (Å²) in [5.41, 5.74) is 2.03. The number of carbonyl (C=O) groups excluding carboxylic acids is 2. The highest BCUT2D eigenvalue weighted by Crippen LogP contribution is 2.31. The van der Waals surface area contributed by atoms with Gasteiger partial charge in [-0.05, 0) is 49.2 Å². The summed E-state index contributed by atoms with van der Waals surface area (Å²) in [6.45, 7) is 1.32. The molecule has 6 heteroatoms. The molecule has 1 saturated heterocycles. The molecule has 0 saturated carbocycles. The number of aliphatic hydroxyl groups excluding tert-OH is 1. The molecule has 0 aromatic heterocycles. The van der Waals surface area contributed by atoms with Crippen molar-refractivity contribution in [1.29, 1.82) is 0 Å². The van der Waals surface area contributed by atoms with Crippen LogP contribution in [0.3, 0.4) is 0 Å². The first kappa shape index (κ1) is 20.6. The van der Waals surface area contributed by atoms with Crippen LogP contribution in [0.25, 0.3) is 0 Å². The molecule has 1 N–H and O–H groups in total. The molecule has 1 fully saturated rings. The number of likely N-dealkylation sites (tertiary alicyclic amines) is 1. The number of imide groups is 1. The van der Waals surface area contributed by atoms with Crippen LogP contribution in [0, 0.1) is 0 Å². The molecule has 2 amide bonds. The molecule has 2 atom stereocenters. The highest BCUT2D eigenvalue weighted by Gasteiger charge is 2.36. The lowest BCUT2D eigenvalue weighted by Crippen LogP contribution is -2.43. The Kier molecular flexibility index (Phi) is 6.16. The third kappa shape index (κ3) is 4.11. The van der Waals surface area contributed by atoms with Gasteiger partial charge in [0.25, 0.3) is 11.8 Å². The predicted molar refractivity (Wildman–Crippen MR) is 114 cm³/mol. The Bertz CT molecular complexity index is 877. The van der Waals surface area contributed by atoms with E-state index in [0.29, 0.717) is 17.7 Å². The molecule has 30 heavy (non-hydrogen) atoms. The Balaban J connectivity index is 1.46. The lowest BCUT2D eigenvalue weighted by Gasteiger charge is -2.33. The van der Waals surface area contributed by atoms with E-state index in [-0.39, 0.29) is 24.4 Å². The number of rotatable bonds is 6. The van der Waals surface area contributed by atoms with Crippen molar-refractivity contribution in [2.75, 3.05) is 26.7 Å². The molecule has 158 valence electrons. The number of amides is 2. The van der Waals surface area contributed by atoms with E-state index in [2.05, 4.69) is 17.0 Å². The number of aliphatic hydroxyl groups is 1. The van der Waals surface area contributed by atoms with E-state index in [9.17, 15) is 14.7 Å². The number of fused-ring (bicyclic) bond motifs is 1. The summed E-state index contributed by atoms with van der Waals surface area (Å²) in [6, 6.07) is 15.1. The van der Waals surface area contributed by atoms with Crippen molar-refractivity contribution in [3.63, 3.8) is 0 Å². The number of β-amino-alcohol motifs (C(OH)–C–C–N with tert-alkyl or cyclic N) is 1. The Morgan fingerprint density at radius 3 is 2.27 bits per heavy atom. The van der Waals surface area contributed by atoms with E-state index in [1.54, 1.807) is 31.4 Å². The lowest BCUT2D eigenvalue weighted by molar-refractivity contribution is 0.0424. The standard InChI is InChI=1S/C24H28N2O4/c1-30-19-12-10-17(11-13-19)22-9-3-2-6-14-25(22)15-18(27)16-26-23(28)20-7-4-5-8-21(20)24(26)29/h4-5,7-8,10-13,18,22,27H,2-3,6,9,14-16H2,1H3/t18-,22-/m0/s1. The predicted octanol–water partition coefficient (Wildman–Crippen LogP) is 3.27. The van der Waals surface area contributed by atoms with E-state index >= 15 is 0 Å². The summed E-state index contributed by atoms with van der Waals surface area (Å²) in [4.78, 5) is 28.7. The second-order valence-corrected chi connectivity index (χ2v) is 8.05. The van der Waals surface area contributed by atoms with Crippen LogP contribution in [-0.2, 0) is 0 Å². The molecule has 2 aliphatic rings. The number of ether oxygens (including phenoxy) is 1. The van der Waals surface area contributed by atoms with Crippen LogP contribution in [0.4, 0.5) is 0 Å². The van der Waals surface area contributed by atoms with Gasteiger partial charge in [-0.2, -0.15) is 0 Å². The normalized spacial score (nSPS) is 20.7. The van der Waals surface area contributed by atoms with Crippen LogP contribution in [0.1, 0.15) is 58.0 Å². The zero-order chi connectivity index (χ0) is 21.1. The molecule has 2 heterocycles. The molecule has 0 aliphatic carbocycles. The lowest BCUT2D eigenvalue weighted by atomic mass is 10.0. The minimum Gasteiger partial charge on any atom is -0.497 e.